The van der Waals surface area contributed by atoms with E-state index in [9.17, 15) is 5.11 Å². The highest BCUT2D eigenvalue weighted by Gasteiger charge is 2.09. The van der Waals surface area contributed by atoms with Crippen LogP contribution in [0.5, 0.6) is 5.75 Å². The molecule has 1 rings (SSSR count). The molecule has 72 valence electrons. The number of nitrogens with one attached hydrogen (secondary N) is 1. The molecule has 13 heavy (non-hydrogen) atoms. The number of phenols is 1. The van der Waals surface area contributed by atoms with Gasteiger partial charge in [-0.2, -0.15) is 0 Å². The van der Waals surface area contributed by atoms with Crippen molar-refractivity contribution in [1.29, 1.82) is 0 Å². The first kappa shape index (κ1) is 10.1. The highest BCUT2D eigenvalue weighted by molar-refractivity contribution is 5.34. The molecule has 0 aliphatic carbocycles. The molecule has 0 saturated carbocycles. The highest BCUT2D eigenvalue weighted by Crippen LogP contribution is 2.23. The summed E-state index contributed by atoms with van der Waals surface area (Å²) in [6.07, 6.45) is 0. The molecule has 0 saturated heterocycles. The molecule has 0 spiro atoms. The predicted molar refractivity (Wildman–Crippen MR) is 54.8 cm³/mol. The van der Waals surface area contributed by atoms with Crippen LogP contribution in [0, 0.1) is 0 Å². The average Bonchev–Trinajstić information content (AvgIpc) is 2.03. The first-order chi connectivity index (χ1) is 6.11. The summed E-state index contributed by atoms with van der Waals surface area (Å²) in [5, 5.41) is 12.9. The van der Waals surface area contributed by atoms with Crippen molar-refractivity contribution in [2.75, 3.05) is 0 Å². The maximum atomic E-state index is 9.55. The molecule has 0 aliphatic heterocycles. The van der Waals surface area contributed by atoms with E-state index >= 15 is 0 Å². The number of para-hydroxylation sites is 1. The van der Waals surface area contributed by atoms with Gasteiger partial charge in [0.15, 0.2) is 0 Å². The zero-order chi connectivity index (χ0) is 9.84. The van der Waals surface area contributed by atoms with Crippen LogP contribution in [0.3, 0.4) is 0 Å². The zero-order valence-corrected chi connectivity index (χ0v) is 8.41. The van der Waals surface area contributed by atoms with Gasteiger partial charge in [0.1, 0.15) is 5.75 Å². The van der Waals surface area contributed by atoms with Crippen LogP contribution in [0.25, 0.3) is 0 Å². The van der Waals surface area contributed by atoms with Crippen LogP contribution >= 0.6 is 0 Å². The second kappa shape index (κ2) is 4.28. The summed E-state index contributed by atoms with van der Waals surface area (Å²) in [4.78, 5) is 0. The minimum absolute atomic E-state index is 0.196. The molecule has 0 fully saturated rings. The summed E-state index contributed by atoms with van der Waals surface area (Å²) in [6, 6.07) is 8.05. The minimum atomic E-state index is 0.196. The van der Waals surface area contributed by atoms with E-state index in [-0.39, 0.29) is 6.04 Å². The zero-order valence-electron chi connectivity index (χ0n) is 8.41. The predicted octanol–water partition coefficient (Wildman–Crippen LogP) is 2.45. The van der Waals surface area contributed by atoms with Gasteiger partial charge in [0, 0.05) is 17.6 Å². The van der Waals surface area contributed by atoms with E-state index in [2.05, 4.69) is 26.1 Å². The van der Waals surface area contributed by atoms with Gasteiger partial charge in [0.2, 0.25) is 0 Å². The summed E-state index contributed by atoms with van der Waals surface area (Å²) in [6.45, 7) is 6.24. The molecule has 2 N–H and O–H groups in total. The summed E-state index contributed by atoms with van der Waals surface area (Å²) in [5.74, 6) is 0.364. The van der Waals surface area contributed by atoms with Crippen molar-refractivity contribution < 1.29 is 5.11 Å². The van der Waals surface area contributed by atoms with E-state index in [1.165, 1.54) is 0 Å². The van der Waals surface area contributed by atoms with Crippen molar-refractivity contribution in [3.8, 4) is 5.75 Å². The maximum absolute atomic E-state index is 9.55. The van der Waals surface area contributed by atoms with Crippen molar-refractivity contribution >= 4 is 0 Å². The topological polar surface area (TPSA) is 32.3 Å². The summed E-state index contributed by atoms with van der Waals surface area (Å²) < 4.78 is 0. The van der Waals surface area contributed by atoms with E-state index in [1.54, 1.807) is 6.07 Å². The number of hydrogen-bond acceptors (Lipinski definition) is 2. The Morgan fingerprint density at radius 2 is 1.77 bits per heavy atom. The Kier molecular flexibility index (Phi) is 3.32. The van der Waals surface area contributed by atoms with Gasteiger partial charge in [-0.15, -0.1) is 0 Å². The lowest BCUT2D eigenvalue weighted by atomic mass is 10.1. The van der Waals surface area contributed by atoms with Gasteiger partial charge in [0.05, 0.1) is 0 Å². The summed E-state index contributed by atoms with van der Waals surface area (Å²) in [5.41, 5.74) is 0.955. The standard InChI is InChI=1S/C11H17NO/c1-8(2)12-9(3)10-6-4-5-7-11(10)13/h4-9,12-13H,1-3H3/t9-/m1/s1. The van der Waals surface area contributed by atoms with Crippen LogP contribution < -0.4 is 5.32 Å². The summed E-state index contributed by atoms with van der Waals surface area (Å²) in [7, 11) is 0. The first-order valence-corrected chi connectivity index (χ1v) is 4.65. The fraction of sp³-hybridized carbons (Fsp3) is 0.455. The number of aromatic hydroxyl groups is 1. The quantitative estimate of drug-likeness (QED) is 0.747. The molecule has 2 heteroatoms. The lowest BCUT2D eigenvalue weighted by Crippen LogP contribution is -2.25. The van der Waals surface area contributed by atoms with Crippen molar-refractivity contribution in [2.45, 2.75) is 32.9 Å². The van der Waals surface area contributed by atoms with Crippen molar-refractivity contribution in [2.24, 2.45) is 0 Å². The summed E-state index contributed by atoms with van der Waals surface area (Å²) >= 11 is 0. The first-order valence-electron chi connectivity index (χ1n) is 4.65. The Morgan fingerprint density at radius 1 is 1.15 bits per heavy atom. The molecule has 0 aromatic heterocycles. The van der Waals surface area contributed by atoms with E-state index in [1.807, 2.05) is 18.2 Å². The Bertz CT molecular complexity index is 271. The van der Waals surface area contributed by atoms with Gasteiger partial charge >= 0.3 is 0 Å². The molecule has 0 amide bonds. The van der Waals surface area contributed by atoms with Crippen LogP contribution in [0.15, 0.2) is 24.3 Å². The molecule has 2 nitrogen and oxygen atoms in total. The lowest BCUT2D eigenvalue weighted by molar-refractivity contribution is 0.442. The van der Waals surface area contributed by atoms with Crippen LogP contribution in [0.2, 0.25) is 0 Å². The largest absolute Gasteiger partial charge is 0.508 e. The van der Waals surface area contributed by atoms with Gasteiger partial charge < -0.3 is 10.4 Å². The molecule has 1 aromatic rings. The Morgan fingerprint density at radius 3 is 2.31 bits per heavy atom. The van der Waals surface area contributed by atoms with Crippen LogP contribution in [0.4, 0.5) is 0 Å². The molecule has 1 aromatic carbocycles. The van der Waals surface area contributed by atoms with E-state index in [4.69, 9.17) is 0 Å². The molecule has 0 radical (unpaired) electrons. The van der Waals surface area contributed by atoms with Gasteiger partial charge in [0.25, 0.3) is 0 Å². The van der Waals surface area contributed by atoms with E-state index in [0.29, 0.717) is 11.8 Å². The molecule has 0 heterocycles. The van der Waals surface area contributed by atoms with Gasteiger partial charge in [-0.05, 0) is 13.0 Å². The number of phenolic OH excluding ortho intramolecular Hbond substituents is 1. The van der Waals surface area contributed by atoms with E-state index in [0.717, 1.165) is 5.56 Å². The highest BCUT2D eigenvalue weighted by atomic mass is 16.3. The monoisotopic (exact) mass is 179 g/mol. The average molecular weight is 179 g/mol. The molecule has 0 bridgehead atoms. The van der Waals surface area contributed by atoms with Crippen LogP contribution in [-0.4, -0.2) is 11.1 Å². The molecule has 0 aliphatic rings. The third-order valence-corrected chi connectivity index (χ3v) is 1.99. The van der Waals surface area contributed by atoms with Crippen LogP contribution in [-0.2, 0) is 0 Å². The third-order valence-electron chi connectivity index (χ3n) is 1.99. The maximum Gasteiger partial charge on any atom is 0.120 e. The minimum Gasteiger partial charge on any atom is -0.508 e. The van der Waals surface area contributed by atoms with Gasteiger partial charge in [-0.1, -0.05) is 32.0 Å². The fourth-order valence-electron chi connectivity index (χ4n) is 1.44. The Balaban J connectivity index is 2.76. The van der Waals surface area contributed by atoms with E-state index < -0.39 is 0 Å². The van der Waals surface area contributed by atoms with Crippen LogP contribution in [0.1, 0.15) is 32.4 Å². The lowest BCUT2D eigenvalue weighted by Gasteiger charge is -2.17. The molecule has 1 atom stereocenters. The molecule has 0 unspecified atom stereocenters. The van der Waals surface area contributed by atoms with Gasteiger partial charge in [-0.3, -0.25) is 0 Å². The second-order valence-electron chi connectivity index (χ2n) is 3.60. The number of hydrogen-bond donors (Lipinski definition) is 2. The SMILES string of the molecule is CC(C)N[C@H](C)c1ccccc1O. The fourth-order valence-corrected chi connectivity index (χ4v) is 1.44. The van der Waals surface area contributed by atoms with Gasteiger partial charge in [-0.25, -0.2) is 0 Å². The Labute approximate surface area is 79.6 Å². The smallest absolute Gasteiger partial charge is 0.120 e. The third kappa shape index (κ3) is 2.74. The van der Waals surface area contributed by atoms with Crippen molar-refractivity contribution in [1.82, 2.24) is 5.32 Å². The van der Waals surface area contributed by atoms with Crippen molar-refractivity contribution in [3.05, 3.63) is 29.8 Å². The molecular weight excluding hydrogens is 162 g/mol. The second-order valence-corrected chi connectivity index (χ2v) is 3.60. The number of rotatable bonds is 3. The Hall–Kier alpha value is -1.02. The number of benzene rings is 1. The van der Waals surface area contributed by atoms with Crippen molar-refractivity contribution in [3.63, 3.8) is 0 Å². The normalized spacial score (nSPS) is 13.2. The molecular formula is C11H17NO.